The van der Waals surface area contributed by atoms with Gasteiger partial charge in [0.25, 0.3) is 0 Å². The number of carboxylic acid groups (broad SMARTS) is 1. The van der Waals surface area contributed by atoms with E-state index in [0.29, 0.717) is 6.54 Å². The number of carbonyl (C=O) groups excluding carboxylic acids is 1. The Kier molecular flexibility index (Phi) is 8.27. The number of rotatable bonds is 9. The predicted octanol–water partition coefficient (Wildman–Crippen LogP) is 4.76. The molecule has 0 unspecified atom stereocenters. The Morgan fingerprint density at radius 2 is 1.83 bits per heavy atom. The number of unbranched alkanes of at least 4 members (excludes halogenated alkanes) is 2. The van der Waals surface area contributed by atoms with Crippen LogP contribution in [-0.4, -0.2) is 37.8 Å². The van der Waals surface area contributed by atoms with Gasteiger partial charge in [0.2, 0.25) is 5.76 Å². The first kappa shape index (κ1) is 22.0. The van der Waals surface area contributed by atoms with Crippen LogP contribution in [0.5, 0.6) is 0 Å². The minimum absolute atomic E-state index is 0.119. The number of nitrogens with zero attached hydrogens (tertiary/aromatic N) is 1. The molecule has 0 radical (unpaired) electrons. The molecule has 0 saturated carbocycles. The summed E-state index contributed by atoms with van der Waals surface area (Å²) < 4.78 is 4.85. The van der Waals surface area contributed by atoms with Crippen molar-refractivity contribution in [1.82, 2.24) is 5.32 Å². The highest BCUT2D eigenvalue weighted by Gasteiger charge is 2.11. The second kappa shape index (κ2) is 10.9. The van der Waals surface area contributed by atoms with E-state index < -0.39 is 5.97 Å². The second-order valence-corrected chi connectivity index (χ2v) is 6.69. The molecule has 0 heterocycles. The average Bonchev–Trinajstić information content (AvgIpc) is 2.74. The van der Waals surface area contributed by atoms with Crippen LogP contribution in [0.15, 0.2) is 54.3 Å². The first-order valence-corrected chi connectivity index (χ1v) is 9.67. The van der Waals surface area contributed by atoms with E-state index in [2.05, 4.69) is 12.2 Å². The van der Waals surface area contributed by atoms with E-state index in [1.54, 1.807) is 11.9 Å². The lowest BCUT2D eigenvalue weighted by Gasteiger charge is -2.19. The molecular formula is C23H28N2O4. The van der Waals surface area contributed by atoms with Gasteiger partial charge in [-0.3, -0.25) is 4.90 Å². The predicted molar refractivity (Wildman–Crippen MR) is 116 cm³/mol. The van der Waals surface area contributed by atoms with Gasteiger partial charge in [0, 0.05) is 19.3 Å². The van der Waals surface area contributed by atoms with Crippen molar-refractivity contribution in [2.45, 2.75) is 26.2 Å². The Morgan fingerprint density at radius 1 is 1.10 bits per heavy atom. The lowest BCUT2D eigenvalue weighted by Crippen LogP contribution is -2.37. The van der Waals surface area contributed by atoms with Crippen LogP contribution in [0.3, 0.4) is 0 Å². The molecule has 154 valence electrons. The zero-order valence-electron chi connectivity index (χ0n) is 17.1. The Hall–Kier alpha value is -3.28. The van der Waals surface area contributed by atoms with Gasteiger partial charge in [-0.05, 0) is 41.3 Å². The van der Waals surface area contributed by atoms with E-state index in [1.165, 1.54) is 13.2 Å². The van der Waals surface area contributed by atoms with Gasteiger partial charge in [-0.25, -0.2) is 9.59 Å². The molecule has 2 N–H and O–H groups in total. The van der Waals surface area contributed by atoms with Crippen molar-refractivity contribution in [2.75, 3.05) is 25.6 Å². The Morgan fingerprint density at radius 3 is 2.45 bits per heavy atom. The van der Waals surface area contributed by atoms with Crippen molar-refractivity contribution < 1.29 is 19.4 Å². The van der Waals surface area contributed by atoms with Crippen LogP contribution in [0.25, 0.3) is 17.2 Å². The molecule has 0 aliphatic heterocycles. The smallest absolute Gasteiger partial charge is 0.371 e. The number of hydrogen-bond donors (Lipinski definition) is 2. The fourth-order valence-corrected chi connectivity index (χ4v) is 2.83. The molecule has 29 heavy (non-hydrogen) atoms. The van der Waals surface area contributed by atoms with Gasteiger partial charge in [0.15, 0.2) is 0 Å². The summed E-state index contributed by atoms with van der Waals surface area (Å²) in [5, 5.41) is 12.0. The Balaban J connectivity index is 2.12. The fraction of sp³-hybridized carbons (Fsp3) is 0.304. The fourth-order valence-electron chi connectivity index (χ4n) is 2.83. The Labute approximate surface area is 171 Å². The van der Waals surface area contributed by atoms with E-state index >= 15 is 0 Å². The molecule has 0 fully saturated rings. The average molecular weight is 396 g/mol. The molecule has 6 heteroatoms. The number of hydrogen-bond acceptors (Lipinski definition) is 3. The summed E-state index contributed by atoms with van der Waals surface area (Å²) in [5.41, 5.74) is 3.46. The van der Waals surface area contributed by atoms with Crippen LogP contribution in [0.2, 0.25) is 0 Å². The molecule has 0 bridgehead atoms. The summed E-state index contributed by atoms with van der Waals surface area (Å²) >= 11 is 0. The number of amides is 2. The summed E-state index contributed by atoms with van der Waals surface area (Å²) in [4.78, 5) is 25.0. The standard InChI is InChI=1S/C23H28N2O4/c1-4-5-6-14-24-23(28)25(2)20-9-7-8-19(16-20)18-12-10-17(11-13-18)15-21(29-3)22(26)27/h7-13,15-16H,4-6,14H2,1-3H3,(H,24,28)(H,26,27). The number of nitrogens with one attached hydrogen (secondary N) is 1. The van der Waals surface area contributed by atoms with E-state index in [9.17, 15) is 9.59 Å². The molecule has 2 aromatic carbocycles. The minimum Gasteiger partial charge on any atom is -0.490 e. The Bertz CT molecular complexity index is 859. The molecular weight excluding hydrogens is 368 g/mol. The van der Waals surface area contributed by atoms with Gasteiger partial charge in [0.1, 0.15) is 0 Å². The number of carboxylic acids is 1. The van der Waals surface area contributed by atoms with Crippen LogP contribution >= 0.6 is 0 Å². The summed E-state index contributed by atoms with van der Waals surface area (Å²) in [6.07, 6.45) is 4.66. The maximum atomic E-state index is 12.3. The highest BCUT2D eigenvalue weighted by molar-refractivity contribution is 5.92. The number of ether oxygens (including phenoxy) is 1. The lowest BCUT2D eigenvalue weighted by molar-refractivity contribution is -0.135. The highest BCUT2D eigenvalue weighted by atomic mass is 16.5. The molecule has 0 aliphatic carbocycles. The quantitative estimate of drug-likeness (QED) is 0.364. The molecule has 6 nitrogen and oxygen atoms in total. The molecule has 2 amide bonds. The molecule has 0 aromatic heterocycles. The molecule has 2 aromatic rings. The number of benzene rings is 2. The van der Waals surface area contributed by atoms with Crippen molar-refractivity contribution in [3.05, 3.63) is 59.9 Å². The van der Waals surface area contributed by atoms with Gasteiger partial charge in [0.05, 0.1) is 7.11 Å². The van der Waals surface area contributed by atoms with Crippen molar-refractivity contribution in [1.29, 1.82) is 0 Å². The lowest BCUT2D eigenvalue weighted by atomic mass is 10.0. The van der Waals surface area contributed by atoms with E-state index in [0.717, 1.165) is 41.6 Å². The van der Waals surface area contributed by atoms with E-state index in [-0.39, 0.29) is 11.8 Å². The van der Waals surface area contributed by atoms with Crippen LogP contribution in [0.1, 0.15) is 31.7 Å². The van der Waals surface area contributed by atoms with Gasteiger partial charge < -0.3 is 15.2 Å². The van der Waals surface area contributed by atoms with Crippen molar-refractivity contribution in [3.8, 4) is 11.1 Å². The number of carbonyl (C=O) groups is 2. The molecule has 0 saturated heterocycles. The van der Waals surface area contributed by atoms with Crippen molar-refractivity contribution >= 4 is 23.8 Å². The van der Waals surface area contributed by atoms with Crippen LogP contribution in [0.4, 0.5) is 10.5 Å². The first-order chi connectivity index (χ1) is 14.0. The van der Waals surface area contributed by atoms with Gasteiger partial charge in [-0.15, -0.1) is 0 Å². The molecule has 2 rings (SSSR count). The maximum absolute atomic E-state index is 12.3. The SMILES string of the molecule is CCCCCNC(=O)N(C)c1cccc(-c2ccc(C=C(OC)C(=O)O)cc2)c1. The number of urea groups is 1. The molecule has 0 aliphatic rings. The summed E-state index contributed by atoms with van der Waals surface area (Å²) in [6.45, 7) is 2.80. The van der Waals surface area contributed by atoms with Crippen LogP contribution in [-0.2, 0) is 9.53 Å². The zero-order chi connectivity index (χ0) is 21.2. The third-order valence-corrected chi connectivity index (χ3v) is 4.57. The zero-order valence-corrected chi connectivity index (χ0v) is 17.1. The van der Waals surface area contributed by atoms with Gasteiger partial charge >= 0.3 is 12.0 Å². The number of aliphatic carboxylic acids is 1. The van der Waals surface area contributed by atoms with E-state index in [4.69, 9.17) is 9.84 Å². The summed E-state index contributed by atoms with van der Waals surface area (Å²) in [6, 6.07) is 15.1. The topological polar surface area (TPSA) is 78.9 Å². The van der Waals surface area contributed by atoms with Gasteiger partial charge in [-0.2, -0.15) is 0 Å². The largest absolute Gasteiger partial charge is 0.490 e. The van der Waals surface area contributed by atoms with Crippen molar-refractivity contribution in [3.63, 3.8) is 0 Å². The van der Waals surface area contributed by atoms with Crippen LogP contribution in [0, 0.1) is 0 Å². The third-order valence-electron chi connectivity index (χ3n) is 4.57. The van der Waals surface area contributed by atoms with E-state index in [1.807, 2.05) is 48.5 Å². The normalized spacial score (nSPS) is 11.1. The monoisotopic (exact) mass is 396 g/mol. The molecule has 0 spiro atoms. The van der Waals surface area contributed by atoms with Crippen molar-refractivity contribution in [2.24, 2.45) is 0 Å². The second-order valence-electron chi connectivity index (χ2n) is 6.69. The number of anilines is 1. The third kappa shape index (κ3) is 6.38. The first-order valence-electron chi connectivity index (χ1n) is 9.67. The highest BCUT2D eigenvalue weighted by Crippen LogP contribution is 2.25. The number of methoxy groups -OCH3 is 1. The summed E-state index contributed by atoms with van der Waals surface area (Å²) in [7, 11) is 3.08. The summed E-state index contributed by atoms with van der Waals surface area (Å²) in [5.74, 6) is -1.23. The maximum Gasteiger partial charge on any atom is 0.371 e. The van der Waals surface area contributed by atoms with Gasteiger partial charge in [-0.1, -0.05) is 56.2 Å². The minimum atomic E-state index is -1.11. The van der Waals surface area contributed by atoms with Crippen LogP contribution < -0.4 is 10.2 Å². The molecule has 0 atom stereocenters.